The van der Waals surface area contributed by atoms with E-state index in [9.17, 15) is 4.79 Å². The van der Waals surface area contributed by atoms with Crippen LogP contribution in [0.2, 0.25) is 0 Å². The van der Waals surface area contributed by atoms with Crippen LogP contribution in [0.5, 0.6) is 0 Å². The lowest BCUT2D eigenvalue weighted by Crippen LogP contribution is -2.51. The van der Waals surface area contributed by atoms with Crippen molar-refractivity contribution in [2.45, 2.75) is 89.1 Å². The summed E-state index contributed by atoms with van der Waals surface area (Å²) in [7, 11) is 0. The van der Waals surface area contributed by atoms with E-state index in [1.54, 1.807) is 0 Å². The largest absolute Gasteiger partial charge is 0.375 e. The molecular formula is C16H28N2O2. The van der Waals surface area contributed by atoms with Gasteiger partial charge in [0, 0.05) is 12.6 Å². The van der Waals surface area contributed by atoms with Gasteiger partial charge in [0.15, 0.2) is 0 Å². The summed E-state index contributed by atoms with van der Waals surface area (Å²) < 4.78 is 5.82. The third-order valence-electron chi connectivity index (χ3n) is 5.33. The maximum absolute atomic E-state index is 13.0. The number of carbonyl (C=O) groups is 1. The predicted molar refractivity (Wildman–Crippen MR) is 78.3 cm³/mol. The van der Waals surface area contributed by atoms with Crippen LogP contribution in [-0.4, -0.2) is 40.8 Å². The molecule has 0 aromatic rings. The highest BCUT2D eigenvalue weighted by molar-refractivity contribution is 5.89. The molecule has 1 saturated carbocycles. The van der Waals surface area contributed by atoms with Crippen LogP contribution < -0.4 is 5.32 Å². The van der Waals surface area contributed by atoms with Gasteiger partial charge < -0.3 is 9.64 Å². The molecule has 114 valence electrons. The van der Waals surface area contributed by atoms with Crippen molar-refractivity contribution in [3.05, 3.63) is 0 Å². The Labute approximate surface area is 122 Å². The van der Waals surface area contributed by atoms with Crippen molar-refractivity contribution >= 4 is 5.91 Å². The Morgan fingerprint density at radius 1 is 1.35 bits per heavy atom. The minimum absolute atomic E-state index is 0.104. The second kappa shape index (κ2) is 4.99. The van der Waals surface area contributed by atoms with Crippen molar-refractivity contribution in [1.82, 2.24) is 10.2 Å². The van der Waals surface area contributed by atoms with E-state index in [2.05, 4.69) is 31.0 Å². The second-order valence-electron chi connectivity index (χ2n) is 7.32. The van der Waals surface area contributed by atoms with E-state index >= 15 is 0 Å². The molecular weight excluding hydrogens is 252 g/mol. The Morgan fingerprint density at radius 3 is 2.65 bits per heavy atom. The zero-order chi connectivity index (χ0) is 14.4. The van der Waals surface area contributed by atoms with Crippen LogP contribution >= 0.6 is 0 Å². The monoisotopic (exact) mass is 280 g/mol. The molecule has 3 fully saturated rings. The molecule has 4 heteroatoms. The van der Waals surface area contributed by atoms with Gasteiger partial charge in [-0.1, -0.05) is 19.8 Å². The summed E-state index contributed by atoms with van der Waals surface area (Å²) in [4.78, 5) is 15.2. The molecule has 0 bridgehead atoms. The van der Waals surface area contributed by atoms with Crippen molar-refractivity contribution in [2.75, 3.05) is 6.61 Å². The molecule has 3 aliphatic rings. The van der Waals surface area contributed by atoms with E-state index < -0.39 is 0 Å². The molecule has 2 saturated heterocycles. The van der Waals surface area contributed by atoms with Crippen molar-refractivity contribution in [3.63, 3.8) is 0 Å². The van der Waals surface area contributed by atoms with Crippen molar-refractivity contribution in [2.24, 2.45) is 0 Å². The third kappa shape index (κ3) is 2.27. The van der Waals surface area contributed by atoms with E-state index in [0.29, 0.717) is 11.9 Å². The summed E-state index contributed by atoms with van der Waals surface area (Å²) in [5.41, 5.74) is -0.337. The van der Waals surface area contributed by atoms with Gasteiger partial charge in [0.2, 0.25) is 5.91 Å². The zero-order valence-corrected chi connectivity index (χ0v) is 13.1. The van der Waals surface area contributed by atoms with Crippen LogP contribution in [0.15, 0.2) is 0 Å². The molecule has 0 radical (unpaired) electrons. The molecule has 1 spiro atoms. The first-order chi connectivity index (χ1) is 9.47. The summed E-state index contributed by atoms with van der Waals surface area (Å²) in [5.74, 6) is 0.365. The fraction of sp³-hybridized carbons (Fsp3) is 0.938. The van der Waals surface area contributed by atoms with Crippen molar-refractivity contribution in [1.29, 1.82) is 0 Å². The second-order valence-corrected chi connectivity index (χ2v) is 7.32. The van der Waals surface area contributed by atoms with E-state index in [1.165, 1.54) is 12.8 Å². The SMILES string of the molecule is CCC1NC2(CCCC2)C(=O)N1C1CCOC(C)(C)C1. The molecule has 2 atom stereocenters. The van der Waals surface area contributed by atoms with Crippen LogP contribution in [0.4, 0.5) is 0 Å². The van der Waals surface area contributed by atoms with Crippen molar-refractivity contribution < 1.29 is 9.53 Å². The number of carbonyl (C=O) groups excluding carboxylic acids is 1. The van der Waals surface area contributed by atoms with Gasteiger partial charge in [-0.05, 0) is 46.0 Å². The Morgan fingerprint density at radius 2 is 2.05 bits per heavy atom. The normalized spacial score (nSPS) is 36.0. The molecule has 20 heavy (non-hydrogen) atoms. The Bertz CT molecular complexity index is 388. The van der Waals surface area contributed by atoms with Crippen LogP contribution in [0.1, 0.15) is 65.7 Å². The summed E-state index contributed by atoms with van der Waals surface area (Å²) >= 11 is 0. The van der Waals surface area contributed by atoms with Gasteiger partial charge in [-0.25, -0.2) is 0 Å². The Balaban J connectivity index is 1.82. The van der Waals surface area contributed by atoms with E-state index in [1.807, 2.05) is 0 Å². The number of rotatable bonds is 2. The van der Waals surface area contributed by atoms with Crippen LogP contribution in [0.25, 0.3) is 0 Å². The average Bonchev–Trinajstić information content (AvgIpc) is 2.96. The highest BCUT2D eigenvalue weighted by atomic mass is 16.5. The zero-order valence-electron chi connectivity index (χ0n) is 13.1. The van der Waals surface area contributed by atoms with Gasteiger partial charge in [0.25, 0.3) is 0 Å². The molecule has 0 aromatic carbocycles. The number of amides is 1. The van der Waals surface area contributed by atoms with Gasteiger partial charge in [-0.3, -0.25) is 10.1 Å². The smallest absolute Gasteiger partial charge is 0.244 e. The van der Waals surface area contributed by atoms with Gasteiger partial charge in [0.1, 0.15) is 0 Å². The first-order valence-electron chi connectivity index (χ1n) is 8.22. The molecule has 1 amide bonds. The molecule has 4 nitrogen and oxygen atoms in total. The van der Waals surface area contributed by atoms with E-state index in [-0.39, 0.29) is 17.3 Å². The average molecular weight is 280 g/mol. The summed E-state index contributed by atoms with van der Waals surface area (Å²) in [6.07, 6.45) is 7.54. The van der Waals surface area contributed by atoms with Crippen LogP contribution in [-0.2, 0) is 9.53 Å². The lowest BCUT2D eigenvalue weighted by Gasteiger charge is -2.41. The van der Waals surface area contributed by atoms with Gasteiger partial charge in [-0.2, -0.15) is 0 Å². The fourth-order valence-corrected chi connectivity index (χ4v) is 4.33. The molecule has 1 N–H and O–H groups in total. The summed E-state index contributed by atoms with van der Waals surface area (Å²) in [6.45, 7) is 7.22. The number of ether oxygens (including phenoxy) is 1. The minimum atomic E-state index is -0.233. The highest BCUT2D eigenvalue weighted by Crippen LogP contribution is 2.40. The summed E-state index contributed by atoms with van der Waals surface area (Å²) in [6, 6.07) is 0.337. The Kier molecular flexibility index (Phi) is 3.57. The molecule has 0 aromatic heterocycles. The van der Waals surface area contributed by atoms with E-state index in [0.717, 1.165) is 38.7 Å². The maximum atomic E-state index is 13.0. The number of nitrogens with one attached hydrogen (secondary N) is 1. The van der Waals surface area contributed by atoms with Gasteiger partial charge >= 0.3 is 0 Å². The maximum Gasteiger partial charge on any atom is 0.244 e. The molecule has 1 aliphatic carbocycles. The lowest BCUT2D eigenvalue weighted by atomic mass is 9.91. The fourth-order valence-electron chi connectivity index (χ4n) is 4.33. The third-order valence-corrected chi connectivity index (χ3v) is 5.33. The van der Waals surface area contributed by atoms with Crippen LogP contribution in [0.3, 0.4) is 0 Å². The predicted octanol–water partition coefficient (Wildman–Crippen LogP) is 2.42. The quantitative estimate of drug-likeness (QED) is 0.844. The molecule has 2 unspecified atom stereocenters. The number of hydrogen-bond donors (Lipinski definition) is 1. The van der Waals surface area contributed by atoms with Gasteiger partial charge in [0.05, 0.1) is 17.3 Å². The topological polar surface area (TPSA) is 41.6 Å². The summed E-state index contributed by atoms with van der Waals surface area (Å²) in [5, 5.41) is 3.68. The number of nitrogens with zero attached hydrogens (tertiary/aromatic N) is 1. The van der Waals surface area contributed by atoms with E-state index in [4.69, 9.17) is 4.74 Å². The van der Waals surface area contributed by atoms with Crippen molar-refractivity contribution in [3.8, 4) is 0 Å². The molecule has 3 rings (SSSR count). The Hall–Kier alpha value is -0.610. The molecule has 2 heterocycles. The lowest BCUT2D eigenvalue weighted by molar-refractivity contribution is -0.141. The standard InChI is InChI=1S/C16H28N2O2/c1-4-13-17-16(8-5-6-9-16)14(19)18(13)12-7-10-20-15(2,3)11-12/h12-13,17H,4-11H2,1-3H3. The van der Waals surface area contributed by atoms with Crippen LogP contribution in [0, 0.1) is 0 Å². The molecule has 2 aliphatic heterocycles. The minimum Gasteiger partial charge on any atom is -0.375 e. The highest BCUT2D eigenvalue weighted by Gasteiger charge is 2.54. The van der Waals surface area contributed by atoms with Gasteiger partial charge in [-0.15, -0.1) is 0 Å². The first kappa shape index (κ1) is 14.3. The number of hydrogen-bond acceptors (Lipinski definition) is 3. The first-order valence-corrected chi connectivity index (χ1v) is 8.22.